The molecule has 0 unspecified atom stereocenters. The van der Waals surface area contributed by atoms with Crippen molar-refractivity contribution in [3.05, 3.63) is 53.8 Å². The van der Waals surface area contributed by atoms with Gasteiger partial charge in [0.05, 0.1) is 5.56 Å². The number of thioether (sulfide) groups is 1. The Morgan fingerprint density at radius 2 is 1.79 bits per heavy atom. The zero-order valence-corrected chi connectivity index (χ0v) is 11.2. The van der Waals surface area contributed by atoms with Gasteiger partial charge < -0.3 is 5.11 Å². The molecule has 0 saturated carbocycles. The summed E-state index contributed by atoms with van der Waals surface area (Å²) in [6, 6.07) is 11.9. The van der Waals surface area contributed by atoms with Gasteiger partial charge in [0, 0.05) is 4.90 Å². The third-order valence-corrected chi connectivity index (χ3v) is 3.59. The van der Waals surface area contributed by atoms with E-state index in [0.29, 0.717) is 5.56 Å². The summed E-state index contributed by atoms with van der Waals surface area (Å²) in [4.78, 5) is 12.1. The first-order valence-corrected chi connectivity index (χ1v) is 6.86. The van der Waals surface area contributed by atoms with Crippen molar-refractivity contribution >= 4 is 17.7 Å². The van der Waals surface area contributed by atoms with Gasteiger partial charge in [-0.1, -0.05) is 25.1 Å². The van der Waals surface area contributed by atoms with Crippen molar-refractivity contribution in [2.75, 3.05) is 5.75 Å². The molecule has 0 fully saturated rings. The number of carbonyl (C=O) groups is 1. The number of hydrogen-bond acceptors (Lipinski definition) is 2. The molecule has 0 aliphatic carbocycles. The highest BCUT2D eigenvalue weighted by Crippen LogP contribution is 2.25. The minimum Gasteiger partial charge on any atom is -0.478 e. The first-order chi connectivity index (χ1) is 9.11. The molecule has 2 nitrogen and oxygen atoms in total. The molecular formula is C15H13FO2S. The van der Waals surface area contributed by atoms with Crippen LogP contribution in [0.4, 0.5) is 4.39 Å². The van der Waals surface area contributed by atoms with E-state index in [4.69, 9.17) is 5.11 Å². The van der Waals surface area contributed by atoms with Gasteiger partial charge in [-0.3, -0.25) is 0 Å². The van der Waals surface area contributed by atoms with E-state index in [2.05, 4.69) is 6.92 Å². The molecule has 98 valence electrons. The maximum Gasteiger partial charge on any atom is 0.338 e. The smallest absolute Gasteiger partial charge is 0.338 e. The lowest BCUT2D eigenvalue weighted by atomic mass is 10.0. The van der Waals surface area contributed by atoms with Crippen LogP contribution >= 0.6 is 11.8 Å². The van der Waals surface area contributed by atoms with Crippen molar-refractivity contribution in [1.29, 1.82) is 0 Å². The summed E-state index contributed by atoms with van der Waals surface area (Å²) in [5.74, 6) is -0.967. The second-order valence-corrected chi connectivity index (χ2v) is 5.29. The van der Waals surface area contributed by atoms with E-state index in [-0.39, 0.29) is 5.56 Å². The number of hydrogen-bond donors (Lipinski definition) is 1. The topological polar surface area (TPSA) is 37.3 Å². The van der Waals surface area contributed by atoms with E-state index >= 15 is 0 Å². The molecular weight excluding hydrogens is 263 g/mol. The molecule has 0 atom stereocenters. The van der Waals surface area contributed by atoms with Gasteiger partial charge in [-0.15, -0.1) is 11.8 Å². The molecule has 4 heteroatoms. The summed E-state index contributed by atoms with van der Waals surface area (Å²) in [6.45, 7) is 2.08. The van der Waals surface area contributed by atoms with Crippen LogP contribution in [0, 0.1) is 5.82 Å². The van der Waals surface area contributed by atoms with E-state index < -0.39 is 11.8 Å². The molecule has 0 saturated heterocycles. The largest absolute Gasteiger partial charge is 0.478 e. The van der Waals surface area contributed by atoms with Crippen LogP contribution in [0.1, 0.15) is 17.3 Å². The quantitative estimate of drug-likeness (QED) is 0.846. The molecule has 0 heterocycles. The Bertz CT molecular complexity index is 594. The fourth-order valence-electron chi connectivity index (χ4n) is 1.78. The molecule has 2 aromatic carbocycles. The van der Waals surface area contributed by atoms with E-state index in [0.717, 1.165) is 16.2 Å². The lowest BCUT2D eigenvalue weighted by molar-refractivity contribution is 0.0692. The number of rotatable bonds is 4. The molecule has 0 aromatic heterocycles. The normalized spacial score (nSPS) is 10.4. The van der Waals surface area contributed by atoms with E-state index in [9.17, 15) is 9.18 Å². The van der Waals surface area contributed by atoms with Crippen LogP contribution in [0.5, 0.6) is 0 Å². The summed E-state index contributed by atoms with van der Waals surface area (Å²) >= 11 is 1.74. The zero-order valence-electron chi connectivity index (χ0n) is 10.4. The van der Waals surface area contributed by atoms with Crippen LogP contribution in [0.2, 0.25) is 0 Å². The number of halogens is 1. The van der Waals surface area contributed by atoms with Gasteiger partial charge >= 0.3 is 5.97 Å². The highest BCUT2D eigenvalue weighted by atomic mass is 32.2. The first-order valence-electron chi connectivity index (χ1n) is 5.88. The number of aromatic carboxylic acids is 1. The Hall–Kier alpha value is -1.81. The van der Waals surface area contributed by atoms with Gasteiger partial charge in [-0.2, -0.15) is 0 Å². The Morgan fingerprint density at radius 1 is 1.16 bits per heavy atom. The van der Waals surface area contributed by atoms with Crippen LogP contribution in [0.3, 0.4) is 0 Å². The Labute approximate surface area is 115 Å². The van der Waals surface area contributed by atoms with Gasteiger partial charge in [-0.25, -0.2) is 9.18 Å². The molecule has 0 aliphatic rings. The molecule has 0 radical (unpaired) electrons. The Kier molecular flexibility index (Phi) is 4.22. The number of carboxylic acid groups (broad SMARTS) is 1. The third-order valence-electron chi connectivity index (χ3n) is 2.70. The maximum absolute atomic E-state index is 13.3. The average Bonchev–Trinajstić information content (AvgIpc) is 2.40. The molecule has 0 amide bonds. The van der Waals surface area contributed by atoms with Gasteiger partial charge in [-0.05, 0) is 41.1 Å². The molecule has 0 bridgehead atoms. The molecule has 1 N–H and O–H groups in total. The van der Waals surface area contributed by atoms with Crippen LogP contribution in [0.25, 0.3) is 11.1 Å². The van der Waals surface area contributed by atoms with Crippen molar-refractivity contribution in [1.82, 2.24) is 0 Å². The summed E-state index contributed by atoms with van der Waals surface area (Å²) in [5.41, 5.74) is 1.28. The highest BCUT2D eigenvalue weighted by Gasteiger charge is 2.11. The van der Waals surface area contributed by atoms with Crippen LogP contribution in [0.15, 0.2) is 47.4 Å². The maximum atomic E-state index is 13.3. The van der Waals surface area contributed by atoms with Crippen molar-refractivity contribution < 1.29 is 14.3 Å². The van der Waals surface area contributed by atoms with Crippen molar-refractivity contribution in [3.8, 4) is 11.1 Å². The molecule has 0 spiro atoms. The first kappa shape index (κ1) is 13.6. The summed E-state index contributed by atoms with van der Waals surface area (Å²) in [6.07, 6.45) is 0. The minimum absolute atomic E-state index is 0.301. The Balaban J connectivity index is 2.36. The van der Waals surface area contributed by atoms with Crippen LogP contribution in [-0.2, 0) is 0 Å². The van der Waals surface area contributed by atoms with Gasteiger partial charge in [0.2, 0.25) is 0 Å². The third kappa shape index (κ3) is 3.15. The molecule has 0 aliphatic heterocycles. The predicted octanol–water partition coefficient (Wildman–Crippen LogP) is 4.30. The van der Waals surface area contributed by atoms with Crippen LogP contribution < -0.4 is 0 Å². The monoisotopic (exact) mass is 276 g/mol. The highest BCUT2D eigenvalue weighted by molar-refractivity contribution is 7.99. The molecule has 19 heavy (non-hydrogen) atoms. The summed E-state index contributed by atoms with van der Waals surface area (Å²) < 4.78 is 13.3. The zero-order chi connectivity index (χ0) is 13.8. The number of benzene rings is 2. The SMILES string of the molecule is CCSc1ccc(-c2ccc(F)c(C(=O)O)c2)cc1. The van der Waals surface area contributed by atoms with Crippen LogP contribution in [-0.4, -0.2) is 16.8 Å². The van der Waals surface area contributed by atoms with Gasteiger partial charge in [0.25, 0.3) is 0 Å². The summed E-state index contributed by atoms with van der Waals surface area (Å²) in [7, 11) is 0. The van der Waals surface area contributed by atoms with E-state index in [1.807, 2.05) is 24.3 Å². The fourth-order valence-corrected chi connectivity index (χ4v) is 2.44. The Morgan fingerprint density at radius 3 is 2.37 bits per heavy atom. The molecule has 2 aromatic rings. The van der Waals surface area contributed by atoms with Crippen molar-refractivity contribution in [2.45, 2.75) is 11.8 Å². The number of carboxylic acids is 1. The van der Waals surface area contributed by atoms with Crippen molar-refractivity contribution in [2.24, 2.45) is 0 Å². The lowest BCUT2D eigenvalue weighted by Crippen LogP contribution is -2.00. The van der Waals surface area contributed by atoms with Crippen molar-refractivity contribution in [3.63, 3.8) is 0 Å². The van der Waals surface area contributed by atoms with Gasteiger partial charge in [0.15, 0.2) is 0 Å². The summed E-state index contributed by atoms with van der Waals surface area (Å²) in [5, 5.41) is 8.91. The average molecular weight is 276 g/mol. The second kappa shape index (κ2) is 5.89. The molecule has 2 rings (SSSR count). The second-order valence-electron chi connectivity index (χ2n) is 3.96. The fraction of sp³-hybridized carbons (Fsp3) is 0.133. The minimum atomic E-state index is -1.25. The lowest BCUT2D eigenvalue weighted by Gasteiger charge is -2.05. The van der Waals surface area contributed by atoms with E-state index in [1.165, 1.54) is 12.1 Å². The standard InChI is InChI=1S/C15H13FO2S/c1-2-19-12-6-3-10(4-7-12)11-5-8-14(16)13(9-11)15(17)18/h3-9H,2H2,1H3,(H,17,18). The van der Waals surface area contributed by atoms with Gasteiger partial charge in [0.1, 0.15) is 5.82 Å². The predicted molar refractivity (Wildman–Crippen MR) is 75.2 cm³/mol. The van der Waals surface area contributed by atoms with E-state index in [1.54, 1.807) is 17.8 Å².